The first kappa shape index (κ1) is 35.5. The lowest BCUT2D eigenvalue weighted by Crippen LogP contribution is -2.30. The van der Waals surface area contributed by atoms with Crippen LogP contribution >= 0.6 is 7.82 Å². The Bertz CT molecular complexity index is 746. The van der Waals surface area contributed by atoms with E-state index < -0.39 is 39.2 Å². The van der Waals surface area contributed by atoms with Crippen molar-refractivity contribution in [2.24, 2.45) is 5.92 Å². The van der Waals surface area contributed by atoms with E-state index in [9.17, 15) is 19.4 Å². The molecule has 37 heavy (non-hydrogen) atoms. The predicted molar refractivity (Wildman–Crippen MR) is 146 cm³/mol. The van der Waals surface area contributed by atoms with E-state index in [4.69, 9.17) is 18.5 Å². The van der Waals surface area contributed by atoms with Crippen LogP contribution in [0.15, 0.2) is 24.8 Å². The van der Waals surface area contributed by atoms with Gasteiger partial charge < -0.3 is 24.4 Å². The first-order chi connectivity index (χ1) is 17.6. The normalized spacial score (nSPS) is 15.5. The summed E-state index contributed by atoms with van der Waals surface area (Å²) < 4.78 is 31.4. The molecule has 0 aliphatic rings. The number of likely N-dealkylation sites (N-methyl/N-ethyl adjacent to an activating group) is 1. The zero-order valence-corrected chi connectivity index (χ0v) is 24.0. The molecule has 0 bridgehead atoms. The fraction of sp³-hybridized carbons (Fsp3) is 0.741. The van der Waals surface area contributed by atoms with Crippen LogP contribution in [0.4, 0.5) is 0 Å². The number of esters is 1. The lowest BCUT2D eigenvalue weighted by molar-refractivity contribution is -0.159. The van der Waals surface area contributed by atoms with Gasteiger partial charge in [-0.25, -0.2) is 9.36 Å². The van der Waals surface area contributed by atoms with Gasteiger partial charge in [0.2, 0.25) is 0 Å². The molecule has 0 heterocycles. The molecule has 0 radical (unpaired) electrons. The molecule has 9 nitrogen and oxygen atoms in total. The molecule has 0 fully saturated rings. The number of allylic oxidation sites excluding steroid dienone is 3. The van der Waals surface area contributed by atoms with E-state index in [1.165, 1.54) is 32.8 Å². The monoisotopic (exact) mass is 545 g/mol. The molecule has 2 unspecified atom stereocenters. The maximum absolute atomic E-state index is 12.2. The highest BCUT2D eigenvalue weighted by Gasteiger charge is 2.24. The van der Waals surface area contributed by atoms with Crippen molar-refractivity contribution in [3.05, 3.63) is 24.8 Å². The summed E-state index contributed by atoms with van der Waals surface area (Å²) in [6.45, 7) is 5.56. The standard InChI is InChI=1S/C27H48NO8P/c1-6-7-8-14-17-24(2)18-15-12-10-9-11-13-16-19-26(33-5)27(30)34-22-25(29)23-36-37(31,32)35-21-20-28(3)4/h6,9-10,24-26,29H,1,7-8,12,14-23H2,2-5H3,(H,31,32)/b10-9-/t24?,25-,26+/m1/s1. The molecule has 0 aliphatic heterocycles. The van der Waals surface area contributed by atoms with Crippen molar-refractivity contribution in [2.45, 2.75) is 76.9 Å². The van der Waals surface area contributed by atoms with Crippen molar-refractivity contribution in [1.29, 1.82) is 0 Å². The summed E-state index contributed by atoms with van der Waals surface area (Å²) in [7, 11) is 0.685. The molecular formula is C27H48NO8P. The molecule has 2 N–H and O–H groups in total. The zero-order chi connectivity index (χ0) is 27.9. The number of carbonyl (C=O) groups excluding carboxylic acids is 1. The number of hydrogen-bond acceptors (Lipinski definition) is 8. The summed E-state index contributed by atoms with van der Waals surface area (Å²) in [4.78, 5) is 23.5. The van der Waals surface area contributed by atoms with E-state index in [1.54, 1.807) is 19.0 Å². The zero-order valence-electron chi connectivity index (χ0n) is 23.1. The number of aliphatic hydroxyl groups excluding tert-OH is 1. The Kier molecular flexibility index (Phi) is 21.6. The largest absolute Gasteiger partial charge is 0.472 e. The highest BCUT2D eigenvalue weighted by molar-refractivity contribution is 7.47. The maximum atomic E-state index is 12.2. The quantitative estimate of drug-likeness (QED) is 0.0667. The number of aliphatic hydroxyl groups is 1. The number of phosphoric ester groups is 1. The van der Waals surface area contributed by atoms with Crippen LogP contribution in [0.2, 0.25) is 0 Å². The minimum Gasteiger partial charge on any atom is -0.461 e. The molecule has 0 aliphatic carbocycles. The van der Waals surface area contributed by atoms with Gasteiger partial charge in [-0.15, -0.1) is 6.58 Å². The lowest BCUT2D eigenvalue weighted by atomic mass is 9.97. The Balaban J connectivity index is 4.08. The lowest BCUT2D eigenvalue weighted by Gasteiger charge is -2.18. The molecule has 0 amide bonds. The van der Waals surface area contributed by atoms with Gasteiger partial charge in [-0.3, -0.25) is 9.05 Å². The topological polar surface area (TPSA) is 115 Å². The van der Waals surface area contributed by atoms with Gasteiger partial charge in [-0.2, -0.15) is 0 Å². The second-order valence-electron chi connectivity index (χ2n) is 9.28. The summed E-state index contributed by atoms with van der Waals surface area (Å²) in [5.41, 5.74) is 0. The van der Waals surface area contributed by atoms with Crippen molar-refractivity contribution < 1.29 is 37.9 Å². The molecule has 0 rings (SSSR count). The molecule has 0 aromatic carbocycles. The Morgan fingerprint density at radius 1 is 1.11 bits per heavy atom. The van der Waals surface area contributed by atoms with E-state index in [1.807, 2.05) is 12.2 Å². The molecule has 10 heteroatoms. The van der Waals surface area contributed by atoms with E-state index >= 15 is 0 Å². The first-order valence-electron chi connectivity index (χ1n) is 13.0. The Hall–Kier alpha value is -1.50. The Morgan fingerprint density at radius 2 is 1.84 bits per heavy atom. The molecule has 0 spiro atoms. The maximum Gasteiger partial charge on any atom is 0.472 e. The van der Waals surface area contributed by atoms with Crippen LogP contribution in [0.3, 0.4) is 0 Å². The number of unbranched alkanes of at least 4 members (excludes halogenated alkanes) is 3. The van der Waals surface area contributed by atoms with Crippen LogP contribution < -0.4 is 0 Å². The van der Waals surface area contributed by atoms with Gasteiger partial charge in [0.05, 0.1) is 13.2 Å². The fourth-order valence-corrected chi connectivity index (χ4v) is 3.94. The van der Waals surface area contributed by atoms with Gasteiger partial charge in [0, 0.05) is 20.1 Å². The van der Waals surface area contributed by atoms with Crippen LogP contribution in [0, 0.1) is 17.8 Å². The van der Waals surface area contributed by atoms with Crippen LogP contribution in [0.25, 0.3) is 0 Å². The minimum atomic E-state index is -4.29. The third kappa shape index (κ3) is 22.2. The van der Waals surface area contributed by atoms with Crippen LogP contribution in [0.1, 0.15) is 64.7 Å². The van der Waals surface area contributed by atoms with Crippen LogP contribution in [-0.4, -0.2) is 80.6 Å². The number of nitrogens with zero attached hydrogens (tertiary/aromatic N) is 1. The van der Waals surface area contributed by atoms with Crippen LogP contribution in [0.5, 0.6) is 0 Å². The second kappa shape index (κ2) is 22.5. The highest BCUT2D eigenvalue weighted by Crippen LogP contribution is 2.42. The van der Waals surface area contributed by atoms with Crippen molar-refractivity contribution in [3.8, 4) is 11.8 Å². The molecule has 0 aromatic heterocycles. The molecule has 0 saturated heterocycles. The van der Waals surface area contributed by atoms with Gasteiger partial charge in [-0.1, -0.05) is 50.2 Å². The van der Waals surface area contributed by atoms with Gasteiger partial charge >= 0.3 is 13.8 Å². The average Bonchev–Trinajstić information content (AvgIpc) is 2.85. The van der Waals surface area contributed by atoms with E-state index in [0.717, 1.165) is 25.2 Å². The summed E-state index contributed by atoms with van der Waals surface area (Å²) >= 11 is 0. The van der Waals surface area contributed by atoms with E-state index in [2.05, 4.69) is 31.4 Å². The number of phosphoric acid groups is 1. The summed E-state index contributed by atoms with van der Waals surface area (Å²) in [6, 6.07) is 0. The number of ether oxygens (including phenoxy) is 2. The molecule has 0 saturated carbocycles. The van der Waals surface area contributed by atoms with E-state index in [-0.39, 0.29) is 6.61 Å². The smallest absolute Gasteiger partial charge is 0.461 e. The third-order valence-electron chi connectivity index (χ3n) is 5.45. The predicted octanol–water partition coefficient (Wildman–Crippen LogP) is 4.49. The van der Waals surface area contributed by atoms with Gasteiger partial charge in [-0.05, 0) is 58.2 Å². The molecule has 0 aromatic rings. The number of hydrogen-bond donors (Lipinski definition) is 2. The van der Waals surface area contributed by atoms with Gasteiger partial charge in [0.25, 0.3) is 0 Å². The summed E-state index contributed by atoms with van der Waals surface area (Å²) in [5.74, 6) is 6.06. The number of methoxy groups -OCH3 is 1. The molecule has 214 valence electrons. The van der Waals surface area contributed by atoms with Crippen LogP contribution in [-0.2, 0) is 27.9 Å². The fourth-order valence-electron chi connectivity index (χ4n) is 3.19. The Labute approximate surface area is 223 Å². The average molecular weight is 546 g/mol. The molecular weight excluding hydrogens is 497 g/mol. The highest BCUT2D eigenvalue weighted by atomic mass is 31.2. The van der Waals surface area contributed by atoms with Crippen molar-refractivity contribution >= 4 is 13.8 Å². The first-order valence-corrected chi connectivity index (χ1v) is 14.5. The van der Waals surface area contributed by atoms with Crippen molar-refractivity contribution in [2.75, 3.05) is 47.6 Å². The summed E-state index contributed by atoms with van der Waals surface area (Å²) in [6.07, 6.45) is 12.8. The third-order valence-corrected chi connectivity index (χ3v) is 6.43. The minimum absolute atomic E-state index is 0.00367. The number of carbonyl (C=O) groups is 1. The van der Waals surface area contributed by atoms with Crippen molar-refractivity contribution in [3.63, 3.8) is 0 Å². The summed E-state index contributed by atoms with van der Waals surface area (Å²) in [5, 5.41) is 9.88. The van der Waals surface area contributed by atoms with Gasteiger partial charge in [0.1, 0.15) is 12.7 Å². The van der Waals surface area contributed by atoms with Gasteiger partial charge in [0.15, 0.2) is 6.10 Å². The van der Waals surface area contributed by atoms with Crippen molar-refractivity contribution in [1.82, 2.24) is 4.90 Å². The SMILES string of the molecule is C=CCCCCC(C)CCC/C=C\C#CCC[C@H](OC)C(=O)OC[C@@H](O)COP(=O)(O)OCCN(C)C. The van der Waals surface area contributed by atoms with E-state index in [0.29, 0.717) is 19.4 Å². The molecule has 4 atom stereocenters. The second-order valence-corrected chi connectivity index (χ2v) is 10.7. The number of rotatable bonds is 22. The Morgan fingerprint density at radius 3 is 2.51 bits per heavy atom.